The molecule has 0 amide bonds. The smallest absolute Gasteiger partial charge is 0.352 e. The Morgan fingerprint density at radius 1 is 1.37 bits per heavy atom. The molecule has 2 atom stereocenters. The van der Waals surface area contributed by atoms with E-state index in [9.17, 15) is 9.36 Å². The molecule has 1 N–H and O–H groups in total. The zero-order valence-electron chi connectivity index (χ0n) is 11.1. The van der Waals surface area contributed by atoms with Gasteiger partial charge in [-0.15, -0.1) is 0 Å². The Kier molecular flexibility index (Phi) is 7.31. The fraction of sp³-hybridized carbons (Fsp3) is 0.500. The van der Waals surface area contributed by atoms with Gasteiger partial charge in [-0.3, -0.25) is 0 Å². The molecule has 104 valence electrons. The second-order valence-electron chi connectivity index (χ2n) is 4.25. The summed E-state index contributed by atoms with van der Waals surface area (Å²) in [4.78, 5) is 10.4. The quantitative estimate of drug-likeness (QED) is 0.705. The first-order valence-electron chi connectivity index (χ1n) is 6.44. The van der Waals surface area contributed by atoms with Crippen LogP contribution >= 0.6 is 7.80 Å². The summed E-state index contributed by atoms with van der Waals surface area (Å²) in [5.41, 5.74) is 1.11. The highest BCUT2D eigenvalue weighted by atomic mass is 31.1. The SMILES string of the molecule is CCOC(CCC[P+](=O)CC(=O)O)c1ccccc1. The molecule has 0 aromatic heterocycles. The van der Waals surface area contributed by atoms with Crippen LogP contribution in [0.5, 0.6) is 0 Å². The molecular formula is C14H20O4P+. The molecule has 19 heavy (non-hydrogen) atoms. The lowest BCUT2D eigenvalue weighted by atomic mass is 10.1. The van der Waals surface area contributed by atoms with Crippen molar-refractivity contribution in [3.63, 3.8) is 0 Å². The molecule has 0 aliphatic carbocycles. The van der Waals surface area contributed by atoms with Gasteiger partial charge in [0.1, 0.15) is 6.16 Å². The van der Waals surface area contributed by atoms with Gasteiger partial charge in [0.2, 0.25) is 6.16 Å². The molecule has 0 radical (unpaired) electrons. The summed E-state index contributed by atoms with van der Waals surface area (Å²) in [6, 6.07) is 9.91. The molecule has 1 aromatic carbocycles. The molecule has 0 bridgehead atoms. The molecule has 1 aromatic rings. The first kappa shape index (κ1) is 15.8. The van der Waals surface area contributed by atoms with Crippen molar-refractivity contribution in [2.24, 2.45) is 0 Å². The third-order valence-corrected chi connectivity index (χ3v) is 4.16. The van der Waals surface area contributed by atoms with Crippen LogP contribution in [0, 0.1) is 0 Å². The summed E-state index contributed by atoms with van der Waals surface area (Å²) < 4.78 is 17.1. The normalized spacial score (nSPS) is 13.0. The maximum absolute atomic E-state index is 11.5. The van der Waals surface area contributed by atoms with Crippen molar-refractivity contribution in [2.75, 3.05) is 18.9 Å². The largest absolute Gasteiger partial charge is 0.478 e. The maximum Gasteiger partial charge on any atom is 0.352 e. The Hall–Kier alpha value is -1.25. The number of hydrogen-bond acceptors (Lipinski definition) is 3. The molecule has 0 saturated carbocycles. The lowest BCUT2D eigenvalue weighted by Gasteiger charge is -2.16. The summed E-state index contributed by atoms with van der Waals surface area (Å²) in [7, 11) is -1.63. The number of carbonyl (C=O) groups is 1. The van der Waals surface area contributed by atoms with Gasteiger partial charge in [-0.2, -0.15) is 0 Å². The van der Waals surface area contributed by atoms with Gasteiger partial charge in [-0.25, -0.2) is 4.79 Å². The first-order valence-corrected chi connectivity index (χ1v) is 8.07. The second-order valence-corrected chi connectivity index (χ2v) is 5.98. The summed E-state index contributed by atoms with van der Waals surface area (Å²) in [6.07, 6.45) is 1.68. The average molecular weight is 283 g/mol. The van der Waals surface area contributed by atoms with Crippen LogP contribution in [0.1, 0.15) is 31.4 Å². The van der Waals surface area contributed by atoms with Crippen molar-refractivity contribution in [1.82, 2.24) is 0 Å². The minimum absolute atomic E-state index is 0.000530. The second kappa shape index (κ2) is 8.78. The molecule has 0 fully saturated rings. The Morgan fingerprint density at radius 2 is 2.05 bits per heavy atom. The Morgan fingerprint density at radius 3 is 2.63 bits per heavy atom. The van der Waals surface area contributed by atoms with Crippen molar-refractivity contribution >= 4 is 13.8 Å². The molecule has 2 unspecified atom stereocenters. The number of carboxylic acid groups (broad SMARTS) is 1. The van der Waals surface area contributed by atoms with E-state index in [-0.39, 0.29) is 12.3 Å². The number of ether oxygens (including phenoxy) is 1. The fourth-order valence-electron chi connectivity index (χ4n) is 1.90. The van der Waals surface area contributed by atoms with Crippen LogP contribution in [-0.2, 0) is 14.1 Å². The molecule has 4 nitrogen and oxygen atoms in total. The molecule has 0 aliphatic rings. The maximum atomic E-state index is 11.5. The Balaban J connectivity index is 2.43. The number of benzene rings is 1. The monoisotopic (exact) mass is 283 g/mol. The Bertz CT molecular complexity index is 405. The average Bonchev–Trinajstić information content (AvgIpc) is 2.38. The van der Waals surface area contributed by atoms with E-state index in [1.54, 1.807) is 0 Å². The Labute approximate surface area is 114 Å². The van der Waals surface area contributed by atoms with Crippen molar-refractivity contribution < 1.29 is 19.2 Å². The van der Waals surface area contributed by atoms with Crippen LogP contribution in [0.25, 0.3) is 0 Å². The summed E-state index contributed by atoms with van der Waals surface area (Å²) >= 11 is 0. The lowest BCUT2D eigenvalue weighted by molar-refractivity contribution is -0.134. The number of carboxylic acids is 1. The van der Waals surface area contributed by atoms with Crippen LogP contribution in [0.3, 0.4) is 0 Å². The van der Waals surface area contributed by atoms with Crippen LogP contribution in [0.4, 0.5) is 0 Å². The van der Waals surface area contributed by atoms with E-state index in [0.717, 1.165) is 12.0 Å². The molecule has 0 spiro atoms. The van der Waals surface area contributed by atoms with E-state index in [2.05, 4.69) is 0 Å². The predicted octanol–water partition coefficient (Wildman–Crippen LogP) is 3.46. The standard InChI is InChI=1S/C14H19O4P/c1-2-18-13(12-7-4-3-5-8-12)9-6-10-19(17)11-14(15)16/h3-5,7-8,13H,2,6,9-11H2,1H3/p+1. The van der Waals surface area contributed by atoms with Crippen LogP contribution in [0.2, 0.25) is 0 Å². The van der Waals surface area contributed by atoms with Crippen LogP contribution in [-0.4, -0.2) is 30.0 Å². The fourth-order valence-corrected chi connectivity index (χ4v) is 2.89. The van der Waals surface area contributed by atoms with Crippen LogP contribution in [0.15, 0.2) is 30.3 Å². The third kappa shape index (κ3) is 6.46. The van der Waals surface area contributed by atoms with E-state index >= 15 is 0 Å². The van der Waals surface area contributed by atoms with Crippen molar-refractivity contribution in [2.45, 2.75) is 25.9 Å². The van der Waals surface area contributed by atoms with Crippen molar-refractivity contribution in [1.29, 1.82) is 0 Å². The highest BCUT2D eigenvalue weighted by molar-refractivity contribution is 7.45. The zero-order valence-corrected chi connectivity index (χ0v) is 12.0. The van der Waals surface area contributed by atoms with Crippen molar-refractivity contribution in [3.8, 4) is 0 Å². The van der Waals surface area contributed by atoms with E-state index in [1.807, 2.05) is 37.3 Å². The van der Waals surface area contributed by atoms with Gasteiger partial charge in [0, 0.05) is 6.61 Å². The predicted molar refractivity (Wildman–Crippen MR) is 75.0 cm³/mol. The van der Waals surface area contributed by atoms with Gasteiger partial charge >= 0.3 is 13.8 Å². The molecule has 0 saturated heterocycles. The van der Waals surface area contributed by atoms with Crippen LogP contribution < -0.4 is 0 Å². The summed E-state index contributed by atoms with van der Waals surface area (Å²) in [5, 5.41) is 8.55. The summed E-state index contributed by atoms with van der Waals surface area (Å²) in [6.45, 7) is 2.57. The van der Waals surface area contributed by atoms with Gasteiger partial charge in [0.25, 0.3) is 0 Å². The topological polar surface area (TPSA) is 63.6 Å². The number of hydrogen-bond donors (Lipinski definition) is 1. The molecule has 1 rings (SSSR count). The molecule has 0 aliphatic heterocycles. The van der Waals surface area contributed by atoms with Gasteiger partial charge in [-0.05, 0) is 25.3 Å². The van der Waals surface area contributed by atoms with E-state index in [0.29, 0.717) is 19.2 Å². The minimum atomic E-state index is -1.63. The van der Waals surface area contributed by atoms with Gasteiger partial charge < -0.3 is 9.84 Å². The van der Waals surface area contributed by atoms with Gasteiger partial charge in [0.05, 0.1) is 6.10 Å². The lowest BCUT2D eigenvalue weighted by Crippen LogP contribution is -2.05. The highest BCUT2D eigenvalue weighted by Crippen LogP contribution is 2.27. The van der Waals surface area contributed by atoms with E-state index in [1.165, 1.54) is 0 Å². The number of aliphatic carboxylic acids is 1. The third-order valence-electron chi connectivity index (χ3n) is 2.72. The van der Waals surface area contributed by atoms with E-state index < -0.39 is 13.8 Å². The summed E-state index contributed by atoms with van der Waals surface area (Å²) in [5.74, 6) is -0.995. The van der Waals surface area contributed by atoms with E-state index in [4.69, 9.17) is 9.84 Å². The minimum Gasteiger partial charge on any atom is -0.478 e. The highest BCUT2D eigenvalue weighted by Gasteiger charge is 2.21. The van der Waals surface area contributed by atoms with Crippen molar-refractivity contribution in [3.05, 3.63) is 35.9 Å². The molecule has 0 heterocycles. The first-order chi connectivity index (χ1) is 9.13. The molecule has 5 heteroatoms. The molecular weight excluding hydrogens is 263 g/mol. The zero-order chi connectivity index (χ0) is 14.1. The van der Waals surface area contributed by atoms with Gasteiger partial charge in [0.15, 0.2) is 0 Å². The number of rotatable bonds is 9. The van der Waals surface area contributed by atoms with Gasteiger partial charge in [-0.1, -0.05) is 34.9 Å².